The van der Waals surface area contributed by atoms with Crippen molar-refractivity contribution in [2.75, 3.05) is 5.32 Å². The molecule has 0 atom stereocenters. The highest BCUT2D eigenvalue weighted by molar-refractivity contribution is 7.14. The van der Waals surface area contributed by atoms with Gasteiger partial charge >= 0.3 is 0 Å². The predicted octanol–water partition coefficient (Wildman–Crippen LogP) is 3.72. The Bertz CT molecular complexity index is 884. The maximum Gasteiger partial charge on any atom is 0.268 e. The number of rotatable bonds is 6. The van der Waals surface area contributed by atoms with E-state index >= 15 is 0 Å². The van der Waals surface area contributed by atoms with Gasteiger partial charge in [-0.2, -0.15) is 5.26 Å². The number of carbonyl (C=O) groups is 2. The first-order valence-electron chi connectivity index (χ1n) is 7.93. The van der Waals surface area contributed by atoms with Crippen molar-refractivity contribution < 1.29 is 9.59 Å². The lowest BCUT2D eigenvalue weighted by atomic mass is 10.1. The van der Waals surface area contributed by atoms with Gasteiger partial charge in [0.2, 0.25) is 0 Å². The first-order chi connectivity index (χ1) is 11.9. The van der Waals surface area contributed by atoms with Gasteiger partial charge in [-0.1, -0.05) is 6.92 Å². The van der Waals surface area contributed by atoms with E-state index in [-0.39, 0.29) is 11.4 Å². The minimum absolute atomic E-state index is 0.00340. The first-order valence-corrected chi connectivity index (χ1v) is 8.81. The number of hydrogen-bond acceptors (Lipinski definition) is 5. The van der Waals surface area contributed by atoms with Gasteiger partial charge in [0.1, 0.15) is 17.3 Å². The van der Waals surface area contributed by atoms with Crippen LogP contribution in [0.25, 0.3) is 6.08 Å². The number of carbonyl (C=O) groups excluding carboxylic acids is 2. The monoisotopic (exact) mass is 356 g/mol. The topological polar surface area (TPSA) is 87.8 Å². The summed E-state index contributed by atoms with van der Waals surface area (Å²) in [6.45, 7) is 8.39. The van der Waals surface area contributed by atoms with Crippen LogP contribution in [-0.4, -0.2) is 21.2 Å². The minimum Gasteiger partial charge on any atom is -0.349 e. The number of Topliss-reactive ketones (excluding diaryl/α,β-unsaturated/α-hetero) is 1. The van der Waals surface area contributed by atoms with E-state index in [4.69, 9.17) is 0 Å². The first kappa shape index (κ1) is 18.6. The molecule has 6 nitrogen and oxygen atoms in total. The van der Waals surface area contributed by atoms with E-state index in [0.29, 0.717) is 10.8 Å². The molecule has 130 valence electrons. The molecule has 25 heavy (non-hydrogen) atoms. The number of ketones is 1. The number of amides is 1. The predicted molar refractivity (Wildman–Crippen MR) is 98.5 cm³/mol. The zero-order valence-electron chi connectivity index (χ0n) is 14.7. The summed E-state index contributed by atoms with van der Waals surface area (Å²) < 4.78 is 2.17. The zero-order valence-corrected chi connectivity index (χ0v) is 15.5. The molecule has 0 aromatic carbocycles. The molecule has 0 bridgehead atoms. The number of nitrogens with zero attached hydrogens (tertiary/aromatic N) is 3. The molecule has 7 heteroatoms. The molecule has 0 aliphatic carbocycles. The number of aryl methyl sites for hydroxylation is 1. The van der Waals surface area contributed by atoms with E-state index in [1.54, 1.807) is 11.5 Å². The lowest BCUT2D eigenvalue weighted by molar-refractivity contribution is -0.112. The normalized spacial score (nSPS) is 11.2. The molecule has 1 amide bonds. The van der Waals surface area contributed by atoms with Gasteiger partial charge in [-0.3, -0.25) is 14.9 Å². The molecule has 0 aliphatic rings. The summed E-state index contributed by atoms with van der Waals surface area (Å²) in [6, 6.07) is 3.90. The van der Waals surface area contributed by atoms with Crippen LogP contribution < -0.4 is 5.32 Å². The lowest BCUT2D eigenvalue weighted by Crippen LogP contribution is -2.13. The number of aromatic nitrogens is 2. The van der Waals surface area contributed by atoms with Crippen molar-refractivity contribution in [1.29, 1.82) is 5.26 Å². The van der Waals surface area contributed by atoms with Crippen LogP contribution in [0.2, 0.25) is 0 Å². The van der Waals surface area contributed by atoms with E-state index in [2.05, 4.69) is 21.8 Å². The lowest BCUT2D eigenvalue weighted by Gasteiger charge is -2.07. The van der Waals surface area contributed by atoms with Gasteiger partial charge in [-0.25, -0.2) is 4.98 Å². The Kier molecular flexibility index (Phi) is 5.88. The van der Waals surface area contributed by atoms with Gasteiger partial charge in [0, 0.05) is 30.2 Å². The van der Waals surface area contributed by atoms with Crippen molar-refractivity contribution in [1.82, 2.24) is 9.55 Å². The molecule has 0 radical (unpaired) electrons. The Balaban J connectivity index is 2.25. The maximum absolute atomic E-state index is 12.3. The van der Waals surface area contributed by atoms with E-state index in [0.717, 1.165) is 41.3 Å². The fraction of sp³-hybridized carbons (Fsp3) is 0.333. The highest BCUT2D eigenvalue weighted by atomic mass is 32.1. The van der Waals surface area contributed by atoms with Crippen molar-refractivity contribution in [2.45, 2.75) is 40.7 Å². The third-order valence-corrected chi connectivity index (χ3v) is 4.57. The van der Waals surface area contributed by atoms with Crippen molar-refractivity contribution in [3.63, 3.8) is 0 Å². The second-order valence-electron chi connectivity index (χ2n) is 5.70. The molecule has 2 rings (SSSR count). The van der Waals surface area contributed by atoms with Gasteiger partial charge in [0.25, 0.3) is 5.91 Å². The van der Waals surface area contributed by atoms with E-state index in [9.17, 15) is 14.9 Å². The van der Waals surface area contributed by atoms with Crippen LogP contribution >= 0.6 is 11.3 Å². The van der Waals surface area contributed by atoms with Crippen LogP contribution in [0.1, 0.15) is 47.7 Å². The van der Waals surface area contributed by atoms with Gasteiger partial charge in [0.05, 0.1) is 0 Å². The quantitative estimate of drug-likeness (QED) is 0.485. The van der Waals surface area contributed by atoms with Crippen LogP contribution in [0, 0.1) is 25.2 Å². The summed E-state index contributed by atoms with van der Waals surface area (Å²) in [6.07, 6.45) is 2.59. The molecule has 2 aromatic heterocycles. The highest BCUT2D eigenvalue weighted by Crippen LogP contribution is 2.20. The van der Waals surface area contributed by atoms with Gasteiger partial charge in [0.15, 0.2) is 10.9 Å². The molecule has 0 saturated heterocycles. The largest absolute Gasteiger partial charge is 0.349 e. The number of hydrogen-bond donors (Lipinski definition) is 1. The average molecular weight is 356 g/mol. The number of nitriles is 1. The van der Waals surface area contributed by atoms with Crippen molar-refractivity contribution >= 4 is 34.2 Å². The summed E-state index contributed by atoms with van der Waals surface area (Å²) in [4.78, 5) is 27.6. The molecule has 1 N–H and O–H groups in total. The molecule has 0 spiro atoms. The Morgan fingerprint density at radius 3 is 2.72 bits per heavy atom. The van der Waals surface area contributed by atoms with E-state index < -0.39 is 5.91 Å². The highest BCUT2D eigenvalue weighted by Gasteiger charge is 2.15. The Morgan fingerprint density at radius 2 is 2.16 bits per heavy atom. The van der Waals surface area contributed by atoms with Crippen LogP contribution in [0.3, 0.4) is 0 Å². The third-order valence-electron chi connectivity index (χ3n) is 3.81. The number of anilines is 1. The van der Waals surface area contributed by atoms with Gasteiger partial charge in [-0.05, 0) is 38.0 Å². The Labute approximate surface area is 150 Å². The van der Waals surface area contributed by atoms with Crippen molar-refractivity contribution in [3.8, 4) is 6.07 Å². The second-order valence-corrected chi connectivity index (χ2v) is 6.55. The summed E-state index contributed by atoms with van der Waals surface area (Å²) in [5, 5.41) is 13.8. The molecular weight excluding hydrogens is 336 g/mol. The molecular formula is C18H20N4O2S. The summed E-state index contributed by atoms with van der Waals surface area (Å²) in [5.74, 6) is -0.705. The van der Waals surface area contributed by atoms with E-state index in [1.165, 1.54) is 6.92 Å². The maximum atomic E-state index is 12.3. The molecule has 0 aliphatic heterocycles. The molecule has 2 heterocycles. The molecule has 0 fully saturated rings. The van der Waals surface area contributed by atoms with Crippen molar-refractivity contribution in [2.24, 2.45) is 0 Å². The van der Waals surface area contributed by atoms with Crippen LogP contribution in [0.4, 0.5) is 5.13 Å². The molecule has 2 aromatic rings. The molecule has 0 unspecified atom stereocenters. The Hall–Kier alpha value is -2.72. The molecule has 0 saturated carbocycles. The standard InChI is InChI=1S/C18H20N4O2S/c1-5-6-22-11(2)7-14(12(22)3)8-15(9-19)17(24)21-18-20-16(10-25-18)13(4)23/h7-8,10H,5-6H2,1-4H3,(H,20,21,24)/b15-8+. The summed E-state index contributed by atoms with van der Waals surface area (Å²) >= 11 is 1.15. The van der Waals surface area contributed by atoms with Crippen LogP contribution in [0.15, 0.2) is 17.0 Å². The fourth-order valence-electron chi connectivity index (χ4n) is 2.50. The van der Waals surface area contributed by atoms with Crippen molar-refractivity contribution in [3.05, 3.63) is 39.7 Å². The SMILES string of the molecule is CCCn1c(C)cc(/C=C(\C#N)C(=O)Nc2nc(C(C)=O)cs2)c1C. The van der Waals surface area contributed by atoms with Gasteiger partial charge in [-0.15, -0.1) is 11.3 Å². The minimum atomic E-state index is -0.535. The summed E-state index contributed by atoms with van der Waals surface area (Å²) in [5.41, 5.74) is 3.26. The zero-order chi connectivity index (χ0) is 18.6. The van der Waals surface area contributed by atoms with Gasteiger partial charge < -0.3 is 4.57 Å². The Morgan fingerprint density at radius 1 is 1.44 bits per heavy atom. The van der Waals surface area contributed by atoms with Crippen LogP contribution in [-0.2, 0) is 11.3 Å². The van der Waals surface area contributed by atoms with Crippen LogP contribution in [0.5, 0.6) is 0 Å². The average Bonchev–Trinajstić information content (AvgIpc) is 3.13. The summed E-state index contributed by atoms with van der Waals surface area (Å²) in [7, 11) is 0. The van der Waals surface area contributed by atoms with E-state index in [1.807, 2.05) is 26.0 Å². The fourth-order valence-corrected chi connectivity index (χ4v) is 3.25. The third kappa shape index (κ3) is 4.22. The smallest absolute Gasteiger partial charge is 0.268 e. The number of thiazole rings is 1. The number of nitrogens with one attached hydrogen (secondary N) is 1. The second kappa shape index (κ2) is 7.90.